The van der Waals surface area contributed by atoms with Crippen LogP contribution in [-0.4, -0.2) is 10.9 Å². The van der Waals surface area contributed by atoms with Gasteiger partial charge in [0.15, 0.2) is 0 Å². The number of hydrogen-bond acceptors (Lipinski definition) is 1. The largest absolute Gasteiger partial charge is 0.488 e. The number of alkyl halides is 1. The third-order valence-electron chi connectivity index (χ3n) is 3.30. The van der Waals surface area contributed by atoms with Gasteiger partial charge in [0, 0.05) is 20.8 Å². The minimum atomic E-state index is 0.114. The monoisotopic (exact) mass is 400 g/mol. The van der Waals surface area contributed by atoms with E-state index in [1.807, 2.05) is 0 Å². The lowest BCUT2D eigenvalue weighted by Gasteiger charge is -2.48. The highest BCUT2D eigenvalue weighted by Gasteiger charge is 2.48. The number of hydrogen-bond donors (Lipinski definition) is 0. The van der Waals surface area contributed by atoms with Crippen LogP contribution < -0.4 is 4.74 Å². The van der Waals surface area contributed by atoms with Crippen molar-refractivity contribution < 1.29 is 4.74 Å². The maximum Gasteiger partial charge on any atom is 0.139 e. The summed E-state index contributed by atoms with van der Waals surface area (Å²) in [6, 6.07) is 3.52. The van der Waals surface area contributed by atoms with Gasteiger partial charge >= 0.3 is 0 Å². The summed E-state index contributed by atoms with van der Waals surface area (Å²) >= 11 is 19.1. The molecular formula is C12H12Br2Cl2O. The van der Waals surface area contributed by atoms with E-state index >= 15 is 0 Å². The first-order chi connectivity index (χ1) is 7.82. The maximum absolute atomic E-state index is 6.13. The highest BCUT2D eigenvalue weighted by Crippen LogP contribution is 2.48. The Balaban J connectivity index is 2.18. The zero-order chi connectivity index (χ0) is 12.8. The molecule has 2 unspecified atom stereocenters. The number of halogens is 4. The zero-order valence-corrected chi connectivity index (χ0v) is 14.1. The Morgan fingerprint density at radius 3 is 2.47 bits per heavy atom. The molecule has 1 saturated carbocycles. The predicted octanol–water partition coefficient (Wildman–Crippen LogP) is 5.70. The van der Waals surface area contributed by atoms with E-state index in [1.165, 1.54) is 0 Å². The summed E-state index contributed by atoms with van der Waals surface area (Å²) in [7, 11) is 0. The molecule has 0 N–H and O–H groups in total. The van der Waals surface area contributed by atoms with E-state index < -0.39 is 0 Å². The molecule has 0 aromatic heterocycles. The molecule has 94 valence electrons. The molecule has 1 aliphatic carbocycles. The van der Waals surface area contributed by atoms with Crippen molar-refractivity contribution in [1.82, 2.24) is 0 Å². The lowest BCUT2D eigenvalue weighted by Crippen LogP contribution is -2.53. The molecule has 0 radical (unpaired) electrons. The second kappa shape index (κ2) is 4.92. The highest BCUT2D eigenvalue weighted by atomic mass is 79.9. The van der Waals surface area contributed by atoms with E-state index in [1.54, 1.807) is 12.1 Å². The molecule has 0 aliphatic heterocycles. The van der Waals surface area contributed by atoms with Crippen molar-refractivity contribution in [3.63, 3.8) is 0 Å². The maximum atomic E-state index is 6.13. The highest BCUT2D eigenvalue weighted by molar-refractivity contribution is 9.10. The van der Waals surface area contributed by atoms with Gasteiger partial charge in [0.25, 0.3) is 0 Å². The number of benzene rings is 1. The molecular weight excluding hydrogens is 391 g/mol. The number of ether oxygens (including phenoxy) is 1. The summed E-state index contributed by atoms with van der Waals surface area (Å²) in [5, 5.41) is 1.19. The molecule has 0 spiro atoms. The van der Waals surface area contributed by atoms with Crippen LogP contribution in [0.5, 0.6) is 5.75 Å². The van der Waals surface area contributed by atoms with Gasteiger partial charge in [0.1, 0.15) is 11.9 Å². The molecule has 1 aliphatic rings. The molecule has 5 heteroatoms. The van der Waals surface area contributed by atoms with Gasteiger partial charge in [-0.15, -0.1) is 0 Å². The third-order valence-corrected chi connectivity index (χ3v) is 6.35. The van der Waals surface area contributed by atoms with Crippen LogP contribution in [0, 0.1) is 5.41 Å². The van der Waals surface area contributed by atoms with E-state index in [0.29, 0.717) is 20.6 Å². The van der Waals surface area contributed by atoms with Crippen LogP contribution in [-0.2, 0) is 0 Å². The van der Waals surface area contributed by atoms with Crippen LogP contribution in [0.25, 0.3) is 0 Å². The van der Waals surface area contributed by atoms with Gasteiger partial charge in [0.05, 0.1) is 10.0 Å². The van der Waals surface area contributed by atoms with E-state index in [9.17, 15) is 0 Å². The Morgan fingerprint density at radius 1 is 1.29 bits per heavy atom. The molecule has 0 amide bonds. The first-order valence-electron chi connectivity index (χ1n) is 5.27. The van der Waals surface area contributed by atoms with Crippen LogP contribution in [0.1, 0.15) is 20.3 Å². The molecule has 0 heterocycles. The quantitative estimate of drug-likeness (QED) is 0.455. The van der Waals surface area contributed by atoms with Crippen molar-refractivity contribution >= 4 is 55.1 Å². The fraction of sp³-hybridized carbons (Fsp3) is 0.500. The Bertz CT molecular complexity index is 448. The van der Waals surface area contributed by atoms with Gasteiger partial charge < -0.3 is 4.74 Å². The Hall–Kier alpha value is 0.560. The molecule has 2 rings (SSSR count). The van der Waals surface area contributed by atoms with Gasteiger partial charge in [0.2, 0.25) is 0 Å². The van der Waals surface area contributed by atoms with E-state index in [-0.39, 0.29) is 11.5 Å². The topological polar surface area (TPSA) is 9.23 Å². The normalized spacial score (nSPS) is 26.5. The van der Waals surface area contributed by atoms with Crippen LogP contribution in [0.2, 0.25) is 10.0 Å². The summed E-state index contributed by atoms with van der Waals surface area (Å²) < 4.78 is 6.72. The Morgan fingerprint density at radius 2 is 1.94 bits per heavy atom. The van der Waals surface area contributed by atoms with Crippen molar-refractivity contribution in [2.75, 3.05) is 0 Å². The fourth-order valence-electron chi connectivity index (χ4n) is 1.78. The van der Waals surface area contributed by atoms with Crippen molar-refractivity contribution in [3.05, 3.63) is 26.7 Å². The molecule has 1 aromatic rings. The van der Waals surface area contributed by atoms with Gasteiger partial charge in [-0.2, -0.15) is 0 Å². The first kappa shape index (κ1) is 14.0. The van der Waals surface area contributed by atoms with Gasteiger partial charge in [-0.25, -0.2) is 0 Å². The van der Waals surface area contributed by atoms with Gasteiger partial charge in [-0.3, -0.25) is 0 Å². The van der Waals surface area contributed by atoms with Crippen LogP contribution in [0.15, 0.2) is 16.6 Å². The Kier molecular flexibility index (Phi) is 4.04. The Labute approximate surface area is 128 Å². The van der Waals surface area contributed by atoms with E-state index in [4.69, 9.17) is 27.9 Å². The fourth-order valence-corrected chi connectivity index (χ4v) is 3.26. The van der Waals surface area contributed by atoms with Gasteiger partial charge in [-0.1, -0.05) is 53.0 Å². The lowest BCUT2D eigenvalue weighted by molar-refractivity contribution is -0.00772. The molecule has 1 nitrogen and oxygen atoms in total. The van der Waals surface area contributed by atoms with Gasteiger partial charge in [-0.05, 0) is 28.4 Å². The molecule has 2 atom stereocenters. The molecule has 17 heavy (non-hydrogen) atoms. The number of rotatable bonds is 2. The summed E-state index contributed by atoms with van der Waals surface area (Å²) in [6.45, 7) is 4.35. The summed E-state index contributed by atoms with van der Waals surface area (Å²) in [4.78, 5) is 0.490. The van der Waals surface area contributed by atoms with Crippen molar-refractivity contribution in [1.29, 1.82) is 0 Å². The van der Waals surface area contributed by atoms with E-state index in [0.717, 1.165) is 10.9 Å². The SMILES string of the molecule is CC1(C)C(Br)CC1Oc1cc(Cl)c(Br)cc1Cl. The van der Waals surface area contributed by atoms with Crippen molar-refractivity contribution in [2.45, 2.75) is 31.2 Å². The molecule has 0 bridgehead atoms. The third kappa shape index (κ3) is 2.63. The molecule has 1 aromatic carbocycles. The summed E-state index contributed by atoms with van der Waals surface area (Å²) in [6.07, 6.45) is 1.15. The minimum absolute atomic E-state index is 0.114. The van der Waals surface area contributed by atoms with Crippen LogP contribution >= 0.6 is 55.1 Å². The zero-order valence-electron chi connectivity index (χ0n) is 9.44. The smallest absolute Gasteiger partial charge is 0.139 e. The van der Waals surface area contributed by atoms with Crippen LogP contribution in [0.3, 0.4) is 0 Å². The lowest BCUT2D eigenvalue weighted by atomic mass is 9.69. The second-order valence-electron chi connectivity index (χ2n) is 4.83. The minimum Gasteiger partial charge on any atom is -0.488 e. The van der Waals surface area contributed by atoms with E-state index in [2.05, 4.69) is 45.7 Å². The summed E-state index contributed by atoms with van der Waals surface area (Å²) in [5.74, 6) is 0.650. The molecule has 1 fully saturated rings. The average Bonchev–Trinajstić information content (AvgIpc) is 2.25. The first-order valence-corrected chi connectivity index (χ1v) is 7.74. The summed E-state index contributed by atoms with van der Waals surface area (Å²) in [5.41, 5.74) is 0.114. The second-order valence-corrected chi connectivity index (χ2v) is 7.60. The molecule has 0 saturated heterocycles. The van der Waals surface area contributed by atoms with Crippen LogP contribution in [0.4, 0.5) is 0 Å². The standard InChI is InChI=1S/C12H12Br2Cl2O/c1-12(2)10(14)5-11(12)17-9-4-7(15)6(13)3-8(9)16/h3-4,10-11H,5H2,1-2H3. The average molecular weight is 403 g/mol. The van der Waals surface area contributed by atoms with Crippen molar-refractivity contribution in [2.24, 2.45) is 5.41 Å². The predicted molar refractivity (Wildman–Crippen MR) is 79.7 cm³/mol. The van der Waals surface area contributed by atoms with Crippen molar-refractivity contribution in [3.8, 4) is 5.75 Å².